The lowest BCUT2D eigenvalue weighted by molar-refractivity contribution is 1.26. The van der Waals surface area contributed by atoms with Crippen LogP contribution in [0.25, 0.3) is 0 Å². The topological polar surface area (TPSA) is 0 Å². The van der Waals surface area contributed by atoms with Crippen molar-refractivity contribution in [2.24, 2.45) is 0 Å². The molecule has 0 fully saturated rings. The molecule has 0 amide bonds. The summed E-state index contributed by atoms with van der Waals surface area (Å²) in [6, 6.07) is 7.46. The molecule has 0 aromatic heterocycles. The van der Waals surface area contributed by atoms with Gasteiger partial charge >= 0.3 is 0 Å². The summed E-state index contributed by atoms with van der Waals surface area (Å²) in [4.78, 5) is 1.68. The molecule has 0 aliphatic heterocycles. The molecule has 1 aromatic carbocycles. The highest BCUT2D eigenvalue weighted by atomic mass is 35.6. The summed E-state index contributed by atoms with van der Waals surface area (Å²) in [5.74, 6) is 0. The van der Waals surface area contributed by atoms with Crippen LogP contribution in [0.5, 0.6) is 0 Å². The van der Waals surface area contributed by atoms with Gasteiger partial charge in [-0.2, -0.15) is 0 Å². The van der Waals surface area contributed by atoms with E-state index in [1.165, 1.54) is 0 Å². The Labute approximate surface area is 96.0 Å². The van der Waals surface area contributed by atoms with Gasteiger partial charge in [0, 0.05) is 9.79 Å². The summed E-state index contributed by atoms with van der Waals surface area (Å²) in [6.45, 7) is 0. The lowest BCUT2D eigenvalue weighted by Gasteiger charge is -2.10. The molecule has 0 bridgehead atoms. The molecule has 0 saturated carbocycles. The maximum absolute atomic E-state index is 5.60. The van der Waals surface area contributed by atoms with E-state index in [2.05, 4.69) is 12.6 Å². The van der Waals surface area contributed by atoms with Crippen LogP contribution in [0.3, 0.4) is 0 Å². The van der Waals surface area contributed by atoms with E-state index >= 15 is 0 Å². The molecule has 1 aromatic rings. The normalized spacial score (nSPS) is 11.7. The molecule has 0 unspecified atom stereocenters. The minimum Gasteiger partial charge on any atom is -0.142 e. The summed E-state index contributed by atoms with van der Waals surface area (Å²) in [6.07, 6.45) is 0. The Balaban J connectivity index is 2.83. The molecule has 0 radical (unpaired) electrons. The lowest BCUT2D eigenvalue weighted by atomic mass is 10.4. The average molecular weight is 260 g/mol. The maximum Gasteiger partial charge on any atom is 0.241 e. The van der Waals surface area contributed by atoms with Crippen molar-refractivity contribution in [1.29, 1.82) is 0 Å². The van der Waals surface area contributed by atoms with Crippen molar-refractivity contribution in [3.05, 3.63) is 24.3 Å². The predicted octanol–water partition coefficient (Wildman–Crippen LogP) is 4.40. The predicted molar refractivity (Wildman–Crippen MR) is 59.8 cm³/mol. The molecule has 0 aliphatic rings. The Morgan fingerprint density at radius 1 is 1.17 bits per heavy atom. The minimum atomic E-state index is -1.32. The Bertz CT molecular complexity index is 270. The molecule has 1 rings (SSSR count). The van der Waals surface area contributed by atoms with Crippen molar-refractivity contribution in [3.8, 4) is 0 Å². The fourth-order valence-corrected chi connectivity index (χ4v) is 2.28. The van der Waals surface area contributed by atoms with E-state index in [-0.39, 0.29) is 0 Å². The number of benzene rings is 1. The van der Waals surface area contributed by atoms with Crippen molar-refractivity contribution in [2.45, 2.75) is 12.9 Å². The van der Waals surface area contributed by atoms with Gasteiger partial charge in [0.15, 0.2) is 0 Å². The van der Waals surface area contributed by atoms with Crippen LogP contribution in [-0.4, -0.2) is 3.12 Å². The number of thioether (sulfide) groups is 1. The van der Waals surface area contributed by atoms with Crippen LogP contribution in [0.15, 0.2) is 34.1 Å². The molecule has 0 nitrogen and oxygen atoms in total. The monoisotopic (exact) mass is 258 g/mol. The highest BCUT2D eigenvalue weighted by Gasteiger charge is 2.21. The van der Waals surface area contributed by atoms with E-state index < -0.39 is 3.12 Å². The van der Waals surface area contributed by atoms with Crippen molar-refractivity contribution in [1.82, 2.24) is 0 Å². The SMILES string of the molecule is Sc1ccccc1SC(Cl)(Cl)Cl. The molecule has 0 N–H and O–H groups in total. The number of halogens is 3. The number of thiol groups is 1. The largest absolute Gasteiger partial charge is 0.241 e. The Morgan fingerprint density at radius 3 is 2.25 bits per heavy atom. The zero-order valence-corrected chi connectivity index (χ0v) is 9.78. The first-order chi connectivity index (χ1) is 5.49. The van der Waals surface area contributed by atoms with Gasteiger partial charge in [0.1, 0.15) is 0 Å². The van der Waals surface area contributed by atoms with E-state index in [0.717, 1.165) is 21.6 Å². The number of alkyl halides is 3. The van der Waals surface area contributed by atoms with E-state index in [4.69, 9.17) is 34.8 Å². The summed E-state index contributed by atoms with van der Waals surface area (Å²) >= 11 is 22.2. The quantitative estimate of drug-likeness (QED) is 0.443. The van der Waals surface area contributed by atoms with E-state index in [0.29, 0.717) is 0 Å². The van der Waals surface area contributed by atoms with Crippen LogP contribution in [0.1, 0.15) is 0 Å². The Hall–Kier alpha value is 0.790. The fraction of sp³-hybridized carbons (Fsp3) is 0.143. The van der Waals surface area contributed by atoms with Crippen LogP contribution < -0.4 is 0 Å². The third-order valence-corrected chi connectivity index (χ3v) is 3.13. The minimum absolute atomic E-state index is 0.814. The van der Waals surface area contributed by atoms with Gasteiger partial charge < -0.3 is 0 Å². The summed E-state index contributed by atoms with van der Waals surface area (Å²) in [5, 5.41) is 0. The van der Waals surface area contributed by atoms with E-state index in [1.54, 1.807) is 0 Å². The van der Waals surface area contributed by atoms with Crippen molar-refractivity contribution in [3.63, 3.8) is 0 Å². The van der Waals surface area contributed by atoms with Crippen LogP contribution in [0.4, 0.5) is 0 Å². The third-order valence-electron chi connectivity index (χ3n) is 1.09. The van der Waals surface area contributed by atoms with Gasteiger partial charge in [-0.05, 0) is 12.1 Å². The second kappa shape index (κ2) is 4.34. The third kappa shape index (κ3) is 3.67. The smallest absolute Gasteiger partial charge is 0.142 e. The summed E-state index contributed by atoms with van der Waals surface area (Å²) in [5.41, 5.74) is 0. The van der Waals surface area contributed by atoms with Gasteiger partial charge in [0.05, 0.1) is 0 Å². The zero-order valence-electron chi connectivity index (χ0n) is 5.80. The second-order valence-corrected chi connectivity index (χ2v) is 6.71. The molecule has 0 heterocycles. The molecule has 12 heavy (non-hydrogen) atoms. The van der Waals surface area contributed by atoms with E-state index in [1.807, 2.05) is 24.3 Å². The first kappa shape index (κ1) is 10.9. The van der Waals surface area contributed by atoms with Crippen LogP contribution in [0.2, 0.25) is 0 Å². The highest BCUT2D eigenvalue weighted by molar-refractivity contribution is 8.05. The van der Waals surface area contributed by atoms with Crippen LogP contribution in [0, 0.1) is 0 Å². The zero-order chi connectivity index (χ0) is 9.19. The Kier molecular flexibility index (Phi) is 3.93. The van der Waals surface area contributed by atoms with Gasteiger partial charge in [-0.3, -0.25) is 0 Å². The first-order valence-corrected chi connectivity index (χ1v) is 5.42. The number of rotatable bonds is 1. The number of hydrogen-bond acceptors (Lipinski definition) is 2. The molecule has 0 aliphatic carbocycles. The highest BCUT2D eigenvalue weighted by Crippen LogP contribution is 2.45. The standard InChI is InChI=1S/C7H5Cl3S2/c8-7(9,10)12-6-4-2-1-3-5(6)11/h1-4,11H. The van der Waals surface area contributed by atoms with Crippen LogP contribution >= 0.6 is 59.2 Å². The van der Waals surface area contributed by atoms with Gasteiger partial charge in [-0.15, -0.1) is 12.6 Å². The van der Waals surface area contributed by atoms with Gasteiger partial charge in [-0.1, -0.05) is 58.7 Å². The molecule has 0 spiro atoms. The lowest BCUT2D eigenvalue weighted by Crippen LogP contribution is -1.93. The molecule has 0 atom stereocenters. The molecule has 0 saturated heterocycles. The molecule has 66 valence electrons. The van der Waals surface area contributed by atoms with Crippen LogP contribution in [-0.2, 0) is 0 Å². The second-order valence-electron chi connectivity index (χ2n) is 2.02. The maximum atomic E-state index is 5.60. The van der Waals surface area contributed by atoms with Gasteiger partial charge in [-0.25, -0.2) is 0 Å². The summed E-state index contributed by atoms with van der Waals surface area (Å²) < 4.78 is -1.32. The van der Waals surface area contributed by atoms with Gasteiger partial charge in [0.2, 0.25) is 3.12 Å². The van der Waals surface area contributed by atoms with E-state index in [9.17, 15) is 0 Å². The van der Waals surface area contributed by atoms with Crippen molar-refractivity contribution in [2.75, 3.05) is 0 Å². The van der Waals surface area contributed by atoms with Gasteiger partial charge in [0.25, 0.3) is 0 Å². The average Bonchev–Trinajstić information content (AvgIpc) is 1.91. The Morgan fingerprint density at radius 2 is 1.75 bits per heavy atom. The molecular weight excluding hydrogens is 255 g/mol. The number of hydrogen-bond donors (Lipinski definition) is 1. The van der Waals surface area contributed by atoms with Crippen molar-refractivity contribution >= 4 is 59.2 Å². The molecular formula is C7H5Cl3S2. The first-order valence-electron chi connectivity index (χ1n) is 3.03. The summed E-state index contributed by atoms with van der Waals surface area (Å²) in [7, 11) is 0. The van der Waals surface area contributed by atoms with Crippen molar-refractivity contribution < 1.29 is 0 Å². The fourth-order valence-electron chi connectivity index (χ4n) is 0.668. The molecule has 5 heteroatoms.